The van der Waals surface area contributed by atoms with Gasteiger partial charge in [0.15, 0.2) is 0 Å². The molecule has 0 unspecified atom stereocenters. The Hall–Kier alpha value is -1.32. The molecule has 1 N–H and O–H groups in total. The topological polar surface area (TPSA) is 55.0 Å². The minimum absolute atomic E-state index is 0.295. The summed E-state index contributed by atoms with van der Waals surface area (Å²) in [6, 6.07) is 0. The molecule has 0 aromatic carbocycles. The molecule has 14 heavy (non-hydrogen) atoms. The summed E-state index contributed by atoms with van der Waals surface area (Å²) in [6.45, 7) is 6.36. The van der Waals surface area contributed by atoms with E-state index in [2.05, 4.69) is 24.0 Å². The normalized spacial score (nSPS) is 10.6. The number of nitrogens with one attached hydrogen (secondary N) is 1. The molecular weight excluding hydrogens is 180 g/mol. The smallest absolute Gasteiger partial charge is 0.341 e. The van der Waals surface area contributed by atoms with Crippen molar-refractivity contribution in [1.29, 1.82) is 0 Å². The van der Waals surface area contributed by atoms with Gasteiger partial charge < -0.3 is 4.74 Å². The van der Waals surface area contributed by atoms with Crippen molar-refractivity contribution in [2.75, 3.05) is 6.61 Å². The van der Waals surface area contributed by atoms with Gasteiger partial charge in [0.25, 0.3) is 0 Å². The number of hydrogen-bond acceptors (Lipinski definition) is 3. The van der Waals surface area contributed by atoms with Crippen molar-refractivity contribution in [1.82, 2.24) is 10.2 Å². The highest BCUT2D eigenvalue weighted by Crippen LogP contribution is 2.11. The van der Waals surface area contributed by atoms with Gasteiger partial charge in [-0.2, -0.15) is 5.10 Å². The lowest BCUT2D eigenvalue weighted by molar-refractivity contribution is 0.0525. The molecule has 0 bridgehead atoms. The predicted molar refractivity (Wildman–Crippen MR) is 53.1 cm³/mol. The number of nitrogens with zero attached hydrogens (tertiary/aromatic N) is 1. The minimum atomic E-state index is -0.295. The first kappa shape index (κ1) is 10.8. The van der Waals surface area contributed by atoms with E-state index in [1.54, 1.807) is 13.1 Å². The van der Waals surface area contributed by atoms with Crippen LogP contribution in [0.5, 0.6) is 0 Å². The number of ether oxygens (including phenoxy) is 1. The number of aromatic amines is 1. The van der Waals surface area contributed by atoms with Crippen molar-refractivity contribution in [3.8, 4) is 0 Å². The standard InChI is InChI=1S/C10H16N2O2/c1-4-14-10(13)8-6-11-12-9(8)5-7(2)3/h6-7H,4-5H2,1-3H3,(H,11,12). The Morgan fingerprint density at radius 3 is 2.93 bits per heavy atom. The Morgan fingerprint density at radius 1 is 1.64 bits per heavy atom. The Balaban J connectivity index is 2.76. The first-order valence-electron chi connectivity index (χ1n) is 4.85. The van der Waals surface area contributed by atoms with E-state index in [-0.39, 0.29) is 5.97 Å². The minimum Gasteiger partial charge on any atom is -0.462 e. The van der Waals surface area contributed by atoms with Crippen LogP contribution in [-0.4, -0.2) is 22.8 Å². The average molecular weight is 196 g/mol. The largest absolute Gasteiger partial charge is 0.462 e. The van der Waals surface area contributed by atoms with Gasteiger partial charge in [-0.15, -0.1) is 0 Å². The predicted octanol–water partition coefficient (Wildman–Crippen LogP) is 1.78. The van der Waals surface area contributed by atoms with Crippen LogP contribution in [0.3, 0.4) is 0 Å². The van der Waals surface area contributed by atoms with Crippen LogP contribution in [0.15, 0.2) is 6.20 Å². The Labute approximate surface area is 83.7 Å². The third-order valence-corrected chi connectivity index (χ3v) is 1.82. The lowest BCUT2D eigenvalue weighted by Gasteiger charge is -2.04. The molecule has 1 aromatic rings. The molecule has 78 valence electrons. The molecule has 1 heterocycles. The van der Waals surface area contributed by atoms with Crippen molar-refractivity contribution in [2.45, 2.75) is 27.2 Å². The number of hydrogen-bond donors (Lipinski definition) is 1. The molecule has 0 amide bonds. The molecule has 0 aliphatic heterocycles. The number of aromatic nitrogens is 2. The van der Waals surface area contributed by atoms with Gasteiger partial charge in [-0.25, -0.2) is 4.79 Å². The zero-order chi connectivity index (χ0) is 10.6. The van der Waals surface area contributed by atoms with E-state index in [0.29, 0.717) is 18.1 Å². The lowest BCUT2D eigenvalue weighted by atomic mass is 10.1. The summed E-state index contributed by atoms with van der Waals surface area (Å²) < 4.78 is 4.91. The number of H-pyrrole nitrogens is 1. The second kappa shape index (κ2) is 4.79. The van der Waals surface area contributed by atoms with Crippen LogP contribution < -0.4 is 0 Å². The van der Waals surface area contributed by atoms with Gasteiger partial charge in [-0.3, -0.25) is 5.10 Å². The zero-order valence-corrected chi connectivity index (χ0v) is 8.83. The van der Waals surface area contributed by atoms with E-state index >= 15 is 0 Å². The molecule has 0 aliphatic carbocycles. The summed E-state index contributed by atoms with van der Waals surface area (Å²) >= 11 is 0. The molecule has 0 aliphatic rings. The van der Waals surface area contributed by atoms with E-state index < -0.39 is 0 Å². The number of carbonyl (C=O) groups excluding carboxylic acids is 1. The Bertz CT molecular complexity index is 305. The van der Waals surface area contributed by atoms with Crippen molar-refractivity contribution in [3.05, 3.63) is 17.5 Å². The van der Waals surface area contributed by atoms with Gasteiger partial charge in [0.2, 0.25) is 0 Å². The van der Waals surface area contributed by atoms with Gasteiger partial charge in [0, 0.05) is 6.20 Å². The average Bonchev–Trinajstić information content (AvgIpc) is 2.51. The quantitative estimate of drug-likeness (QED) is 0.747. The van der Waals surface area contributed by atoms with Gasteiger partial charge in [0.05, 0.1) is 12.3 Å². The molecule has 1 aromatic heterocycles. The molecule has 4 heteroatoms. The van der Waals surface area contributed by atoms with Crippen LogP contribution in [0.25, 0.3) is 0 Å². The highest BCUT2D eigenvalue weighted by Gasteiger charge is 2.15. The van der Waals surface area contributed by atoms with Gasteiger partial charge >= 0.3 is 5.97 Å². The molecular formula is C10H16N2O2. The summed E-state index contributed by atoms with van der Waals surface area (Å²) in [5, 5.41) is 6.73. The van der Waals surface area contributed by atoms with Crippen LogP contribution in [0.1, 0.15) is 36.8 Å². The highest BCUT2D eigenvalue weighted by atomic mass is 16.5. The van der Waals surface area contributed by atoms with E-state index in [4.69, 9.17) is 4.74 Å². The lowest BCUT2D eigenvalue weighted by Crippen LogP contribution is -2.08. The summed E-state index contributed by atoms with van der Waals surface area (Å²) in [4.78, 5) is 11.4. The Kier molecular flexibility index (Phi) is 3.68. The first-order valence-corrected chi connectivity index (χ1v) is 4.85. The molecule has 0 saturated carbocycles. The fourth-order valence-corrected chi connectivity index (χ4v) is 1.25. The SMILES string of the molecule is CCOC(=O)c1c[nH]nc1CC(C)C. The van der Waals surface area contributed by atoms with Crippen LogP contribution in [0.4, 0.5) is 0 Å². The third kappa shape index (κ3) is 2.58. The van der Waals surface area contributed by atoms with Crippen molar-refractivity contribution in [3.63, 3.8) is 0 Å². The highest BCUT2D eigenvalue weighted by molar-refractivity contribution is 5.90. The summed E-state index contributed by atoms with van der Waals surface area (Å²) in [5.74, 6) is 0.184. The monoisotopic (exact) mass is 196 g/mol. The van der Waals surface area contributed by atoms with Crippen molar-refractivity contribution >= 4 is 5.97 Å². The molecule has 1 rings (SSSR count). The number of carbonyl (C=O) groups is 1. The summed E-state index contributed by atoms with van der Waals surface area (Å²) in [7, 11) is 0. The Morgan fingerprint density at radius 2 is 2.36 bits per heavy atom. The van der Waals surface area contributed by atoms with E-state index in [1.165, 1.54) is 0 Å². The number of esters is 1. The van der Waals surface area contributed by atoms with E-state index in [1.807, 2.05) is 0 Å². The fourth-order valence-electron chi connectivity index (χ4n) is 1.25. The third-order valence-electron chi connectivity index (χ3n) is 1.82. The second-order valence-corrected chi connectivity index (χ2v) is 3.56. The molecule has 0 atom stereocenters. The van der Waals surface area contributed by atoms with Crippen LogP contribution in [0.2, 0.25) is 0 Å². The molecule has 0 spiro atoms. The van der Waals surface area contributed by atoms with Gasteiger partial charge in [0.1, 0.15) is 5.56 Å². The summed E-state index contributed by atoms with van der Waals surface area (Å²) in [5.41, 5.74) is 1.35. The van der Waals surface area contributed by atoms with Crippen LogP contribution >= 0.6 is 0 Å². The van der Waals surface area contributed by atoms with Crippen LogP contribution in [-0.2, 0) is 11.2 Å². The molecule has 0 radical (unpaired) electrons. The van der Waals surface area contributed by atoms with Gasteiger partial charge in [-0.05, 0) is 19.3 Å². The molecule has 0 saturated heterocycles. The van der Waals surface area contributed by atoms with Crippen molar-refractivity contribution < 1.29 is 9.53 Å². The van der Waals surface area contributed by atoms with Crippen LogP contribution in [0, 0.1) is 5.92 Å². The number of rotatable bonds is 4. The molecule has 4 nitrogen and oxygen atoms in total. The summed E-state index contributed by atoms with van der Waals surface area (Å²) in [6.07, 6.45) is 2.38. The maximum absolute atomic E-state index is 11.4. The first-order chi connectivity index (χ1) is 6.65. The maximum atomic E-state index is 11.4. The van der Waals surface area contributed by atoms with Gasteiger partial charge in [-0.1, -0.05) is 13.8 Å². The van der Waals surface area contributed by atoms with Crippen molar-refractivity contribution in [2.24, 2.45) is 5.92 Å². The van der Waals surface area contributed by atoms with E-state index in [9.17, 15) is 4.79 Å². The zero-order valence-electron chi connectivity index (χ0n) is 8.83. The maximum Gasteiger partial charge on any atom is 0.341 e. The second-order valence-electron chi connectivity index (χ2n) is 3.56. The fraction of sp³-hybridized carbons (Fsp3) is 0.600. The van der Waals surface area contributed by atoms with E-state index in [0.717, 1.165) is 12.1 Å². The molecule has 0 fully saturated rings.